The van der Waals surface area contributed by atoms with E-state index in [0.717, 1.165) is 18.5 Å². The number of aliphatic imine (C=N–C) groups is 1. The number of thiocarbonyl (C=S) groups is 1. The molecule has 0 N–H and O–H groups in total. The molecule has 3 rings (SSSR count). The smallest absolute Gasteiger partial charge is 0.0739 e. The molecule has 0 aliphatic heterocycles. The maximum atomic E-state index is 4.67. The van der Waals surface area contributed by atoms with Gasteiger partial charge in [0.25, 0.3) is 0 Å². The molecule has 0 bridgehead atoms. The summed E-state index contributed by atoms with van der Waals surface area (Å²) in [7, 11) is 0. The Morgan fingerprint density at radius 2 is 1.32 bits per heavy atom. The molecule has 1 nitrogen and oxygen atoms in total. The van der Waals surface area contributed by atoms with Crippen LogP contribution in [0.1, 0.15) is 62.1 Å². The first kappa shape index (κ1) is 23.1. The Hall–Kier alpha value is -2.54. The van der Waals surface area contributed by atoms with E-state index in [2.05, 4.69) is 90.0 Å². The van der Waals surface area contributed by atoms with Gasteiger partial charge in [0.1, 0.15) is 0 Å². The molecule has 0 radical (unpaired) electrons. The van der Waals surface area contributed by atoms with Crippen LogP contribution >= 0.6 is 12.2 Å². The molecule has 3 aromatic carbocycles. The Labute approximate surface area is 193 Å². The highest BCUT2D eigenvalue weighted by Crippen LogP contribution is 2.26. The third kappa shape index (κ3) is 7.58. The maximum absolute atomic E-state index is 4.67. The van der Waals surface area contributed by atoms with E-state index < -0.39 is 0 Å². The Balaban J connectivity index is 1.58. The maximum Gasteiger partial charge on any atom is 0.0739 e. The number of aryl methyl sites for hydroxylation is 3. The van der Waals surface area contributed by atoms with Crippen LogP contribution in [0.4, 0.5) is 5.69 Å². The number of unbranched alkanes of at least 4 members (excludes halogenated alkanes) is 5. The molecule has 0 aromatic heterocycles. The van der Waals surface area contributed by atoms with Gasteiger partial charge < -0.3 is 0 Å². The van der Waals surface area contributed by atoms with Gasteiger partial charge in [-0.25, -0.2) is 0 Å². The van der Waals surface area contributed by atoms with Crippen LogP contribution in [-0.2, 0) is 19.3 Å². The molecule has 0 atom stereocenters. The largest absolute Gasteiger partial charge is 0.195 e. The number of rotatable bonds is 12. The van der Waals surface area contributed by atoms with Crippen molar-refractivity contribution < 1.29 is 0 Å². The average molecular weight is 428 g/mol. The fourth-order valence-electron chi connectivity index (χ4n) is 4.05. The van der Waals surface area contributed by atoms with Gasteiger partial charge in [0.2, 0.25) is 0 Å². The molecule has 31 heavy (non-hydrogen) atoms. The molecule has 3 aromatic rings. The average Bonchev–Trinajstić information content (AvgIpc) is 2.82. The van der Waals surface area contributed by atoms with Gasteiger partial charge in [-0.1, -0.05) is 99.7 Å². The summed E-state index contributed by atoms with van der Waals surface area (Å²) in [6.45, 7) is 2.27. The van der Waals surface area contributed by atoms with E-state index in [0.29, 0.717) is 0 Å². The Morgan fingerprint density at radius 1 is 0.677 bits per heavy atom. The first-order valence-corrected chi connectivity index (χ1v) is 12.0. The quantitative estimate of drug-likeness (QED) is 0.160. The minimum absolute atomic E-state index is 0.861. The molecule has 0 aliphatic carbocycles. The summed E-state index contributed by atoms with van der Waals surface area (Å²) >= 11 is 4.67. The van der Waals surface area contributed by atoms with E-state index in [9.17, 15) is 0 Å². The zero-order valence-electron chi connectivity index (χ0n) is 18.6. The summed E-state index contributed by atoms with van der Waals surface area (Å²) in [4.78, 5) is 4.03. The van der Waals surface area contributed by atoms with Crippen molar-refractivity contribution in [2.75, 3.05) is 0 Å². The zero-order chi connectivity index (χ0) is 21.7. The second kappa shape index (κ2) is 13.0. The summed E-state index contributed by atoms with van der Waals surface area (Å²) in [5.41, 5.74) is 7.68. The van der Waals surface area contributed by atoms with Crippen molar-refractivity contribution in [3.05, 3.63) is 89.5 Å². The molecule has 0 saturated carbocycles. The molecule has 0 amide bonds. The van der Waals surface area contributed by atoms with Crippen molar-refractivity contribution in [1.29, 1.82) is 0 Å². The molecule has 0 unspecified atom stereocenters. The highest BCUT2D eigenvalue weighted by Gasteiger charge is 2.06. The van der Waals surface area contributed by atoms with Crippen LogP contribution < -0.4 is 0 Å². The molecule has 0 aliphatic rings. The molecule has 160 valence electrons. The van der Waals surface area contributed by atoms with Gasteiger partial charge in [-0.05, 0) is 77.9 Å². The van der Waals surface area contributed by atoms with Gasteiger partial charge >= 0.3 is 0 Å². The van der Waals surface area contributed by atoms with Crippen molar-refractivity contribution in [3.8, 4) is 11.1 Å². The summed E-state index contributed by atoms with van der Waals surface area (Å²) < 4.78 is 0. The van der Waals surface area contributed by atoms with Crippen LogP contribution in [0.3, 0.4) is 0 Å². The zero-order valence-corrected chi connectivity index (χ0v) is 19.5. The normalized spacial score (nSPS) is 10.6. The van der Waals surface area contributed by atoms with E-state index in [4.69, 9.17) is 0 Å². The van der Waals surface area contributed by atoms with Gasteiger partial charge in [0.05, 0.1) is 10.8 Å². The predicted octanol–water partition coefficient (Wildman–Crippen LogP) is 8.78. The van der Waals surface area contributed by atoms with Gasteiger partial charge in [-0.15, -0.1) is 0 Å². The van der Waals surface area contributed by atoms with Crippen molar-refractivity contribution in [2.24, 2.45) is 4.99 Å². The van der Waals surface area contributed by atoms with Gasteiger partial charge in [0.15, 0.2) is 0 Å². The fraction of sp³-hybridized carbons (Fsp3) is 0.345. The van der Waals surface area contributed by atoms with Crippen LogP contribution in [-0.4, -0.2) is 5.16 Å². The van der Waals surface area contributed by atoms with Crippen molar-refractivity contribution in [3.63, 3.8) is 0 Å². The molecule has 0 heterocycles. The van der Waals surface area contributed by atoms with Crippen LogP contribution in [0.5, 0.6) is 0 Å². The van der Waals surface area contributed by atoms with Crippen molar-refractivity contribution in [1.82, 2.24) is 0 Å². The first-order chi connectivity index (χ1) is 15.3. The number of hydrogen-bond acceptors (Lipinski definition) is 2. The van der Waals surface area contributed by atoms with E-state index in [1.807, 2.05) is 12.1 Å². The second-order valence-corrected chi connectivity index (χ2v) is 8.42. The SMILES string of the molecule is CCCCCCCCc1ccc(-c2ccccc2CCc2ccc(N=C=S)cc2)cc1. The molecule has 0 saturated heterocycles. The van der Waals surface area contributed by atoms with E-state index >= 15 is 0 Å². The second-order valence-electron chi connectivity index (χ2n) is 8.24. The van der Waals surface area contributed by atoms with Crippen LogP contribution in [0.2, 0.25) is 0 Å². The molecule has 0 fully saturated rings. The lowest BCUT2D eigenvalue weighted by Gasteiger charge is -2.11. The van der Waals surface area contributed by atoms with Gasteiger partial charge in [-0.2, -0.15) is 4.99 Å². The number of nitrogens with zero attached hydrogens (tertiary/aromatic N) is 1. The molecule has 2 heteroatoms. The first-order valence-electron chi connectivity index (χ1n) is 11.6. The lowest BCUT2D eigenvalue weighted by Crippen LogP contribution is -1.95. The minimum Gasteiger partial charge on any atom is -0.195 e. The monoisotopic (exact) mass is 427 g/mol. The summed E-state index contributed by atoms with van der Waals surface area (Å²) in [5, 5.41) is 2.42. The lowest BCUT2D eigenvalue weighted by atomic mass is 9.94. The lowest BCUT2D eigenvalue weighted by molar-refractivity contribution is 0.607. The summed E-state index contributed by atoms with van der Waals surface area (Å²) in [6.07, 6.45) is 11.3. The number of benzene rings is 3. The van der Waals surface area contributed by atoms with Crippen molar-refractivity contribution >= 4 is 23.1 Å². The van der Waals surface area contributed by atoms with Crippen LogP contribution in [0.15, 0.2) is 77.8 Å². The van der Waals surface area contributed by atoms with Crippen LogP contribution in [0, 0.1) is 0 Å². The van der Waals surface area contributed by atoms with Crippen molar-refractivity contribution in [2.45, 2.75) is 64.7 Å². The Kier molecular flexibility index (Phi) is 9.70. The Morgan fingerprint density at radius 3 is 2.06 bits per heavy atom. The fourth-order valence-corrected chi connectivity index (χ4v) is 4.15. The predicted molar refractivity (Wildman–Crippen MR) is 137 cm³/mol. The van der Waals surface area contributed by atoms with E-state index in [1.165, 1.54) is 72.8 Å². The Bertz CT molecular complexity index is 966. The highest BCUT2D eigenvalue weighted by molar-refractivity contribution is 7.78. The third-order valence-electron chi connectivity index (χ3n) is 5.90. The molecule has 0 spiro atoms. The highest BCUT2D eigenvalue weighted by atomic mass is 32.1. The van der Waals surface area contributed by atoms with E-state index in [-0.39, 0.29) is 0 Å². The molecular weight excluding hydrogens is 394 g/mol. The van der Waals surface area contributed by atoms with E-state index in [1.54, 1.807) is 0 Å². The standard InChI is InChI=1S/C29H33NS/c1-2-3-4-5-6-7-10-24-13-19-27(20-14-24)29-12-9-8-11-26(29)18-15-25-16-21-28(22-17-25)30-23-31/h8-9,11-14,16-17,19-22H,2-7,10,15,18H2,1H3. The summed E-state index contributed by atoms with van der Waals surface area (Å²) in [6, 6.07) is 26.3. The van der Waals surface area contributed by atoms with Gasteiger partial charge in [0, 0.05) is 0 Å². The number of hydrogen-bond donors (Lipinski definition) is 0. The number of isothiocyanates is 1. The van der Waals surface area contributed by atoms with Crippen LogP contribution in [0.25, 0.3) is 11.1 Å². The minimum atomic E-state index is 0.861. The topological polar surface area (TPSA) is 12.4 Å². The molecular formula is C29H33NS. The third-order valence-corrected chi connectivity index (χ3v) is 5.99. The van der Waals surface area contributed by atoms with Gasteiger partial charge in [-0.3, -0.25) is 0 Å². The summed E-state index contributed by atoms with van der Waals surface area (Å²) in [5.74, 6) is 0.